The van der Waals surface area contributed by atoms with Crippen molar-refractivity contribution in [3.63, 3.8) is 0 Å². The Kier molecular flexibility index (Phi) is 9.28. The summed E-state index contributed by atoms with van der Waals surface area (Å²) < 4.78 is 13.5. The van der Waals surface area contributed by atoms with E-state index in [1.807, 2.05) is 75.4 Å². The van der Waals surface area contributed by atoms with Crippen LogP contribution in [0, 0.1) is 12.7 Å². The normalized spacial score (nSPS) is 11.8. The van der Waals surface area contributed by atoms with Crippen LogP contribution < -0.4 is 5.32 Å². The lowest BCUT2D eigenvalue weighted by atomic mass is 10.0. The summed E-state index contributed by atoms with van der Waals surface area (Å²) in [5.41, 5.74) is 2.89. The van der Waals surface area contributed by atoms with Crippen LogP contribution in [-0.2, 0) is 22.6 Å². The topological polar surface area (TPSA) is 49.4 Å². The molecular weight excluding hydrogens is 447 g/mol. The molecule has 0 heterocycles. The van der Waals surface area contributed by atoms with E-state index in [0.717, 1.165) is 21.6 Å². The van der Waals surface area contributed by atoms with Gasteiger partial charge in [-0.3, -0.25) is 9.59 Å². The predicted molar refractivity (Wildman–Crippen MR) is 136 cm³/mol. The molecular formula is C28H31FN2O2S. The lowest BCUT2D eigenvalue weighted by molar-refractivity contribution is -0.139. The van der Waals surface area contributed by atoms with Gasteiger partial charge >= 0.3 is 0 Å². The van der Waals surface area contributed by atoms with Crippen LogP contribution in [0.4, 0.5) is 4.39 Å². The summed E-state index contributed by atoms with van der Waals surface area (Å²) in [6.45, 7) is 6.04. The zero-order valence-corrected chi connectivity index (χ0v) is 20.6. The fourth-order valence-electron chi connectivity index (χ4n) is 3.58. The fraction of sp³-hybridized carbons (Fsp3) is 0.286. The van der Waals surface area contributed by atoms with E-state index < -0.39 is 6.04 Å². The maximum Gasteiger partial charge on any atom is 0.243 e. The molecule has 1 unspecified atom stereocenters. The van der Waals surface area contributed by atoms with Crippen LogP contribution in [0.15, 0.2) is 83.8 Å². The Balaban J connectivity index is 1.89. The van der Waals surface area contributed by atoms with Crippen molar-refractivity contribution in [2.45, 2.75) is 50.7 Å². The number of carbonyl (C=O) groups is 2. The van der Waals surface area contributed by atoms with Crippen LogP contribution >= 0.6 is 11.8 Å². The van der Waals surface area contributed by atoms with Gasteiger partial charge in [-0.25, -0.2) is 4.39 Å². The van der Waals surface area contributed by atoms with Crippen molar-refractivity contribution in [3.8, 4) is 0 Å². The van der Waals surface area contributed by atoms with E-state index in [1.54, 1.807) is 17.0 Å². The summed E-state index contributed by atoms with van der Waals surface area (Å²) in [4.78, 5) is 29.4. The zero-order chi connectivity index (χ0) is 24.5. The van der Waals surface area contributed by atoms with Gasteiger partial charge in [-0.1, -0.05) is 60.2 Å². The summed E-state index contributed by atoms with van der Waals surface area (Å²) in [6.07, 6.45) is 0.390. The second-order valence-corrected chi connectivity index (χ2v) is 9.67. The Morgan fingerprint density at radius 1 is 0.912 bits per heavy atom. The van der Waals surface area contributed by atoms with Gasteiger partial charge in [0.15, 0.2) is 0 Å². The van der Waals surface area contributed by atoms with Crippen LogP contribution in [0.1, 0.15) is 30.5 Å². The predicted octanol–water partition coefficient (Wildman–Crippen LogP) is 5.39. The van der Waals surface area contributed by atoms with E-state index >= 15 is 0 Å². The van der Waals surface area contributed by atoms with Crippen molar-refractivity contribution in [1.29, 1.82) is 0 Å². The number of hydrogen-bond acceptors (Lipinski definition) is 3. The van der Waals surface area contributed by atoms with Crippen LogP contribution in [0.3, 0.4) is 0 Å². The molecule has 3 aromatic rings. The van der Waals surface area contributed by atoms with Crippen molar-refractivity contribution in [2.24, 2.45) is 0 Å². The van der Waals surface area contributed by atoms with Gasteiger partial charge in [0.05, 0.1) is 5.75 Å². The number of thioether (sulfide) groups is 1. The van der Waals surface area contributed by atoms with Crippen LogP contribution in [-0.4, -0.2) is 34.6 Å². The first-order chi connectivity index (χ1) is 16.3. The fourth-order valence-corrected chi connectivity index (χ4v) is 4.37. The van der Waals surface area contributed by atoms with Crippen molar-refractivity contribution >= 4 is 23.6 Å². The van der Waals surface area contributed by atoms with Crippen molar-refractivity contribution in [2.75, 3.05) is 5.75 Å². The molecule has 0 bridgehead atoms. The molecule has 4 nitrogen and oxygen atoms in total. The number of carbonyl (C=O) groups excluding carboxylic acids is 2. The van der Waals surface area contributed by atoms with Gasteiger partial charge in [-0.05, 0) is 56.2 Å². The summed E-state index contributed by atoms with van der Waals surface area (Å²) in [7, 11) is 0. The second kappa shape index (κ2) is 12.4. The van der Waals surface area contributed by atoms with E-state index in [4.69, 9.17) is 0 Å². The van der Waals surface area contributed by atoms with Crippen LogP contribution in [0.2, 0.25) is 0 Å². The van der Waals surface area contributed by atoms with E-state index in [-0.39, 0.29) is 36.0 Å². The Bertz CT molecular complexity index is 1070. The number of benzene rings is 3. The first-order valence-electron chi connectivity index (χ1n) is 11.4. The first kappa shape index (κ1) is 25.5. The SMILES string of the molecule is Cc1ccc(SCC(=O)N(Cc2ccc(F)cc2)C(Cc2ccccc2)C(=O)NC(C)C)cc1. The number of aryl methyl sites for hydroxylation is 1. The minimum Gasteiger partial charge on any atom is -0.352 e. The monoisotopic (exact) mass is 478 g/mol. The largest absolute Gasteiger partial charge is 0.352 e. The molecule has 178 valence electrons. The lowest BCUT2D eigenvalue weighted by Gasteiger charge is -2.32. The number of nitrogens with zero attached hydrogens (tertiary/aromatic N) is 1. The number of nitrogens with one attached hydrogen (secondary N) is 1. The Labute approximate surface area is 205 Å². The zero-order valence-electron chi connectivity index (χ0n) is 19.8. The average Bonchev–Trinajstić information content (AvgIpc) is 2.82. The maximum atomic E-state index is 13.5. The van der Waals surface area contributed by atoms with Crippen molar-refractivity contribution in [1.82, 2.24) is 10.2 Å². The van der Waals surface area contributed by atoms with E-state index in [2.05, 4.69) is 5.32 Å². The summed E-state index contributed by atoms with van der Waals surface area (Å²) >= 11 is 1.44. The molecule has 0 aliphatic heterocycles. The smallest absolute Gasteiger partial charge is 0.243 e. The van der Waals surface area contributed by atoms with E-state index in [0.29, 0.717) is 6.42 Å². The molecule has 0 spiro atoms. The number of halogens is 1. The third-order valence-corrected chi connectivity index (χ3v) is 6.35. The highest BCUT2D eigenvalue weighted by Gasteiger charge is 2.30. The number of hydrogen-bond donors (Lipinski definition) is 1. The van der Waals surface area contributed by atoms with Gasteiger partial charge < -0.3 is 10.2 Å². The lowest BCUT2D eigenvalue weighted by Crippen LogP contribution is -2.52. The van der Waals surface area contributed by atoms with E-state index in [1.165, 1.54) is 23.9 Å². The van der Waals surface area contributed by atoms with Crippen LogP contribution in [0.5, 0.6) is 0 Å². The quantitative estimate of drug-likeness (QED) is 0.398. The summed E-state index contributed by atoms with van der Waals surface area (Å²) in [5, 5.41) is 2.97. The Hall–Kier alpha value is -3.12. The third-order valence-electron chi connectivity index (χ3n) is 5.35. The third kappa shape index (κ3) is 7.73. The summed E-state index contributed by atoms with van der Waals surface area (Å²) in [5.74, 6) is -0.482. The standard InChI is InChI=1S/C28H31FN2O2S/c1-20(2)30-28(33)26(17-22-7-5-4-6-8-22)31(18-23-11-13-24(29)14-12-23)27(32)19-34-25-15-9-21(3)10-16-25/h4-16,20,26H,17-19H2,1-3H3,(H,30,33). The molecule has 0 aliphatic rings. The molecule has 0 saturated carbocycles. The van der Waals surface area contributed by atoms with Gasteiger partial charge in [0, 0.05) is 23.9 Å². The molecule has 3 aromatic carbocycles. The minimum absolute atomic E-state index is 0.0597. The molecule has 3 rings (SSSR count). The molecule has 0 aromatic heterocycles. The molecule has 34 heavy (non-hydrogen) atoms. The molecule has 6 heteroatoms. The number of rotatable bonds is 10. The molecule has 2 amide bonds. The highest BCUT2D eigenvalue weighted by atomic mass is 32.2. The first-order valence-corrected chi connectivity index (χ1v) is 12.4. The molecule has 0 aliphatic carbocycles. The van der Waals surface area contributed by atoms with Gasteiger partial charge in [-0.15, -0.1) is 11.8 Å². The Morgan fingerprint density at radius 3 is 2.18 bits per heavy atom. The highest BCUT2D eigenvalue weighted by Crippen LogP contribution is 2.22. The van der Waals surface area contributed by atoms with Gasteiger partial charge in [0.25, 0.3) is 0 Å². The Morgan fingerprint density at radius 2 is 1.56 bits per heavy atom. The van der Waals surface area contributed by atoms with E-state index in [9.17, 15) is 14.0 Å². The average molecular weight is 479 g/mol. The molecule has 0 fully saturated rings. The highest BCUT2D eigenvalue weighted by molar-refractivity contribution is 8.00. The molecule has 1 atom stereocenters. The van der Waals surface area contributed by atoms with Crippen molar-refractivity contribution in [3.05, 3.63) is 101 Å². The van der Waals surface area contributed by atoms with Gasteiger partial charge in [0.1, 0.15) is 11.9 Å². The van der Waals surface area contributed by atoms with Crippen LogP contribution in [0.25, 0.3) is 0 Å². The maximum absolute atomic E-state index is 13.5. The number of amides is 2. The second-order valence-electron chi connectivity index (χ2n) is 8.62. The van der Waals surface area contributed by atoms with Gasteiger partial charge in [-0.2, -0.15) is 0 Å². The molecule has 0 radical (unpaired) electrons. The van der Waals surface area contributed by atoms with Gasteiger partial charge in [0.2, 0.25) is 11.8 Å². The minimum atomic E-state index is -0.694. The molecule has 0 saturated heterocycles. The summed E-state index contributed by atoms with van der Waals surface area (Å²) in [6, 6.07) is 23.0. The molecule has 1 N–H and O–H groups in total. The van der Waals surface area contributed by atoms with Crippen molar-refractivity contribution < 1.29 is 14.0 Å².